The van der Waals surface area contributed by atoms with E-state index in [-0.39, 0.29) is 0 Å². The van der Waals surface area contributed by atoms with Gasteiger partial charge in [0, 0.05) is 25.5 Å². The molecule has 0 atom stereocenters. The Labute approximate surface area is 95.9 Å². The Bertz CT molecular complexity index is 494. The van der Waals surface area contributed by atoms with Crippen LogP contribution in [-0.4, -0.2) is 19.3 Å². The quantitative estimate of drug-likeness (QED) is 0.768. The fourth-order valence-electron chi connectivity index (χ4n) is 2.06. The number of rotatable bonds is 2. The average molecular weight is 218 g/mol. The zero-order valence-corrected chi connectivity index (χ0v) is 10.6. The molecule has 86 valence electrons. The van der Waals surface area contributed by atoms with Crippen molar-refractivity contribution in [1.29, 1.82) is 0 Å². The molecule has 0 radical (unpaired) electrons. The predicted octanol–water partition coefficient (Wildman–Crippen LogP) is 1.67. The molecule has 0 saturated heterocycles. The largest absolute Gasteiger partial charge is 0.351 e. The zero-order chi connectivity index (χ0) is 11.9. The summed E-state index contributed by atoms with van der Waals surface area (Å²) in [5, 5.41) is 4.32. The van der Waals surface area contributed by atoms with Gasteiger partial charge in [0.15, 0.2) is 5.82 Å². The molecule has 0 bridgehead atoms. The second-order valence-corrected chi connectivity index (χ2v) is 4.35. The number of aromatic nitrogens is 4. The van der Waals surface area contributed by atoms with Crippen molar-refractivity contribution in [1.82, 2.24) is 19.3 Å². The molecular formula is C12H18N4. The van der Waals surface area contributed by atoms with Crippen molar-refractivity contribution in [2.45, 2.75) is 27.2 Å². The first-order valence-electron chi connectivity index (χ1n) is 5.46. The Morgan fingerprint density at radius 1 is 1.12 bits per heavy atom. The maximum absolute atomic E-state index is 4.32. The summed E-state index contributed by atoms with van der Waals surface area (Å²) in [6.07, 6.45) is 2.55. The van der Waals surface area contributed by atoms with Crippen molar-refractivity contribution in [3.8, 4) is 0 Å². The van der Waals surface area contributed by atoms with Crippen LogP contribution >= 0.6 is 0 Å². The summed E-state index contributed by atoms with van der Waals surface area (Å²) in [4.78, 5) is 4.27. The summed E-state index contributed by atoms with van der Waals surface area (Å²) in [7, 11) is 4.00. The highest BCUT2D eigenvalue weighted by Gasteiger charge is 2.13. The highest BCUT2D eigenvalue weighted by atomic mass is 15.3. The normalized spacial score (nSPS) is 11.1. The Kier molecular flexibility index (Phi) is 2.58. The first-order valence-corrected chi connectivity index (χ1v) is 5.46. The Morgan fingerprint density at radius 3 is 2.25 bits per heavy atom. The molecule has 0 unspecified atom stereocenters. The van der Waals surface area contributed by atoms with E-state index in [1.807, 2.05) is 7.05 Å². The van der Waals surface area contributed by atoms with Crippen molar-refractivity contribution in [2.24, 2.45) is 14.1 Å². The van der Waals surface area contributed by atoms with Crippen molar-refractivity contribution in [3.63, 3.8) is 0 Å². The third-order valence-electron chi connectivity index (χ3n) is 3.42. The van der Waals surface area contributed by atoms with E-state index in [0.717, 1.165) is 12.2 Å². The average Bonchev–Trinajstić information content (AvgIpc) is 2.73. The van der Waals surface area contributed by atoms with Gasteiger partial charge < -0.3 is 4.57 Å². The lowest BCUT2D eigenvalue weighted by Gasteiger charge is -2.03. The maximum atomic E-state index is 4.32. The molecule has 0 N–H and O–H groups in total. The molecule has 0 fully saturated rings. The van der Waals surface area contributed by atoms with Crippen LogP contribution in [0, 0.1) is 20.8 Å². The van der Waals surface area contributed by atoms with Gasteiger partial charge in [0.2, 0.25) is 0 Å². The van der Waals surface area contributed by atoms with Crippen molar-refractivity contribution >= 4 is 0 Å². The monoisotopic (exact) mass is 218 g/mol. The minimum atomic E-state index is 0.803. The van der Waals surface area contributed by atoms with Crippen molar-refractivity contribution in [2.75, 3.05) is 0 Å². The van der Waals surface area contributed by atoms with Crippen LogP contribution in [0.2, 0.25) is 0 Å². The maximum Gasteiger partial charge on any atom is 0.156 e. The molecule has 4 heteroatoms. The van der Waals surface area contributed by atoms with Gasteiger partial charge in [0.25, 0.3) is 0 Å². The molecule has 0 aliphatic carbocycles. The van der Waals surface area contributed by atoms with Crippen LogP contribution < -0.4 is 0 Å². The Hall–Kier alpha value is -1.58. The summed E-state index contributed by atoms with van der Waals surface area (Å²) >= 11 is 0. The van der Waals surface area contributed by atoms with E-state index < -0.39 is 0 Å². The second kappa shape index (κ2) is 3.77. The van der Waals surface area contributed by atoms with Gasteiger partial charge in [0.05, 0.1) is 6.42 Å². The fourth-order valence-corrected chi connectivity index (χ4v) is 2.06. The molecule has 0 saturated carbocycles. The van der Waals surface area contributed by atoms with Crippen LogP contribution in [0.3, 0.4) is 0 Å². The van der Waals surface area contributed by atoms with E-state index in [9.17, 15) is 0 Å². The SMILES string of the molecule is Cc1c(C)c(Cc2ncn(C)n2)n(C)c1C. The molecule has 0 spiro atoms. The van der Waals surface area contributed by atoms with E-state index >= 15 is 0 Å². The van der Waals surface area contributed by atoms with Crippen LogP contribution in [0.5, 0.6) is 0 Å². The van der Waals surface area contributed by atoms with Gasteiger partial charge in [-0.1, -0.05) is 0 Å². The summed E-state index contributed by atoms with van der Waals surface area (Å²) in [6, 6.07) is 0. The number of aryl methyl sites for hydroxylation is 1. The molecule has 2 aromatic rings. The Morgan fingerprint density at radius 2 is 1.81 bits per heavy atom. The van der Waals surface area contributed by atoms with Crippen LogP contribution in [0.15, 0.2) is 6.33 Å². The van der Waals surface area contributed by atoms with Gasteiger partial charge >= 0.3 is 0 Å². The molecule has 4 nitrogen and oxygen atoms in total. The summed E-state index contributed by atoms with van der Waals surface area (Å²) in [6.45, 7) is 6.48. The molecule has 0 aliphatic rings. The molecule has 2 heterocycles. The molecule has 16 heavy (non-hydrogen) atoms. The number of hydrogen-bond donors (Lipinski definition) is 0. The third-order valence-corrected chi connectivity index (χ3v) is 3.42. The van der Waals surface area contributed by atoms with Gasteiger partial charge in [-0.3, -0.25) is 4.68 Å². The van der Waals surface area contributed by atoms with Gasteiger partial charge in [0.1, 0.15) is 6.33 Å². The number of hydrogen-bond acceptors (Lipinski definition) is 2. The molecule has 2 aromatic heterocycles. The molecule has 0 aromatic carbocycles. The lowest BCUT2D eigenvalue weighted by Crippen LogP contribution is -2.02. The van der Waals surface area contributed by atoms with Crippen LogP contribution in [0.1, 0.15) is 28.3 Å². The lowest BCUT2D eigenvalue weighted by atomic mass is 10.1. The predicted molar refractivity (Wildman–Crippen MR) is 63.4 cm³/mol. The van der Waals surface area contributed by atoms with E-state index in [4.69, 9.17) is 0 Å². The molecule has 2 rings (SSSR count). The molecular weight excluding hydrogens is 200 g/mol. The molecule has 0 aliphatic heterocycles. The van der Waals surface area contributed by atoms with Gasteiger partial charge in [-0.15, -0.1) is 0 Å². The Balaban J connectivity index is 2.38. The fraction of sp³-hybridized carbons (Fsp3) is 0.500. The smallest absolute Gasteiger partial charge is 0.156 e. The lowest BCUT2D eigenvalue weighted by molar-refractivity contribution is 0.736. The highest BCUT2D eigenvalue weighted by molar-refractivity contribution is 5.37. The summed E-state index contributed by atoms with van der Waals surface area (Å²) < 4.78 is 3.98. The summed E-state index contributed by atoms with van der Waals surface area (Å²) in [5.74, 6) is 0.881. The van der Waals surface area contributed by atoms with Gasteiger partial charge in [-0.25, -0.2) is 4.98 Å². The van der Waals surface area contributed by atoms with Crippen LogP contribution in [0.4, 0.5) is 0 Å². The zero-order valence-electron chi connectivity index (χ0n) is 10.6. The van der Waals surface area contributed by atoms with Crippen molar-refractivity contribution in [3.05, 3.63) is 34.7 Å². The summed E-state index contributed by atoms with van der Waals surface area (Å²) in [5.41, 5.74) is 5.35. The second-order valence-electron chi connectivity index (χ2n) is 4.35. The van der Waals surface area contributed by atoms with Gasteiger partial charge in [-0.05, 0) is 31.9 Å². The van der Waals surface area contributed by atoms with E-state index in [1.54, 1.807) is 11.0 Å². The van der Waals surface area contributed by atoms with Crippen molar-refractivity contribution < 1.29 is 0 Å². The minimum Gasteiger partial charge on any atom is -0.351 e. The third kappa shape index (κ3) is 1.64. The standard InChI is InChI=1S/C12H18N4/c1-8-9(2)11(16(5)10(8)3)6-12-13-7-15(4)14-12/h7H,6H2,1-5H3. The topological polar surface area (TPSA) is 35.6 Å². The van der Waals surface area contributed by atoms with Crippen LogP contribution in [-0.2, 0) is 20.5 Å². The van der Waals surface area contributed by atoms with Gasteiger partial charge in [-0.2, -0.15) is 5.10 Å². The van der Waals surface area contributed by atoms with Crippen LogP contribution in [0.25, 0.3) is 0 Å². The first kappa shape index (κ1) is 10.9. The molecule has 0 amide bonds. The van der Waals surface area contributed by atoms with E-state index in [2.05, 4.69) is 42.5 Å². The van der Waals surface area contributed by atoms with E-state index in [0.29, 0.717) is 0 Å². The minimum absolute atomic E-state index is 0.803. The number of nitrogens with zero attached hydrogens (tertiary/aromatic N) is 4. The van der Waals surface area contributed by atoms with E-state index in [1.165, 1.54) is 22.5 Å². The highest BCUT2D eigenvalue weighted by Crippen LogP contribution is 2.21. The first-order chi connectivity index (χ1) is 7.50.